The van der Waals surface area contributed by atoms with Gasteiger partial charge in [0.25, 0.3) is 11.6 Å². The van der Waals surface area contributed by atoms with Crippen LogP contribution in [0.1, 0.15) is 5.56 Å². The molecule has 0 bridgehead atoms. The average Bonchev–Trinajstić information content (AvgIpc) is 3.11. The molecule has 3 aromatic rings. The number of nitrogens with zero attached hydrogens (tertiary/aromatic N) is 2. The Bertz CT molecular complexity index is 1210. The fraction of sp³-hybridized carbons (Fsp3) is 0.0833. The van der Waals surface area contributed by atoms with E-state index in [1.807, 2.05) is 54.6 Å². The number of hydrogen-bond donors (Lipinski definition) is 0. The van der Waals surface area contributed by atoms with Crippen LogP contribution in [0.3, 0.4) is 0 Å². The molecule has 0 aliphatic carbocycles. The summed E-state index contributed by atoms with van der Waals surface area (Å²) < 4.78 is 11.9. The third-order valence-electron chi connectivity index (χ3n) is 4.67. The molecule has 166 valence electrons. The number of nitro benzene ring substituents is 1. The van der Waals surface area contributed by atoms with E-state index >= 15 is 0 Å². The number of carbonyl (C=O) groups excluding carboxylic acids is 1. The summed E-state index contributed by atoms with van der Waals surface area (Å²) in [5.41, 5.74) is 1.49. The lowest BCUT2D eigenvalue weighted by atomic mass is 10.2. The number of benzene rings is 3. The number of para-hydroxylation sites is 2. The van der Waals surface area contributed by atoms with E-state index in [1.54, 1.807) is 18.2 Å². The Morgan fingerprint density at radius 1 is 0.939 bits per heavy atom. The second-order valence-corrected chi connectivity index (χ2v) is 8.51. The van der Waals surface area contributed by atoms with Crippen LogP contribution in [0, 0.1) is 10.1 Å². The number of non-ortho nitro benzene ring substituents is 1. The molecule has 3 aromatic carbocycles. The number of thiocarbonyl (C=S) groups is 1. The van der Waals surface area contributed by atoms with Crippen LogP contribution in [-0.4, -0.2) is 28.4 Å². The van der Waals surface area contributed by atoms with Gasteiger partial charge in [-0.25, -0.2) is 0 Å². The second kappa shape index (κ2) is 10.3. The summed E-state index contributed by atoms with van der Waals surface area (Å²) in [6.45, 7) is 0.509. The van der Waals surface area contributed by atoms with Crippen LogP contribution in [0.5, 0.6) is 11.5 Å². The zero-order chi connectivity index (χ0) is 23.2. The topological polar surface area (TPSA) is 81.9 Å². The van der Waals surface area contributed by atoms with E-state index in [-0.39, 0.29) is 24.8 Å². The number of hydrogen-bond acceptors (Lipinski definition) is 7. The first-order chi connectivity index (χ1) is 16.0. The minimum absolute atomic E-state index is 0.00482. The number of nitro groups is 1. The van der Waals surface area contributed by atoms with E-state index in [9.17, 15) is 14.9 Å². The van der Waals surface area contributed by atoms with Crippen LogP contribution in [0.25, 0.3) is 6.08 Å². The molecule has 1 aliphatic heterocycles. The molecule has 9 heteroatoms. The molecule has 0 aromatic heterocycles. The molecule has 0 N–H and O–H groups in total. The van der Waals surface area contributed by atoms with Gasteiger partial charge in [0.1, 0.15) is 24.7 Å². The smallest absolute Gasteiger partial charge is 0.270 e. The number of anilines is 1. The van der Waals surface area contributed by atoms with E-state index in [1.165, 1.54) is 28.8 Å². The Balaban J connectivity index is 1.40. The van der Waals surface area contributed by atoms with Crippen LogP contribution in [0.4, 0.5) is 11.4 Å². The quantitative estimate of drug-likeness (QED) is 0.140. The van der Waals surface area contributed by atoms with Crippen molar-refractivity contribution in [1.29, 1.82) is 0 Å². The van der Waals surface area contributed by atoms with Gasteiger partial charge in [-0.05, 0) is 36.4 Å². The fourth-order valence-electron chi connectivity index (χ4n) is 3.12. The molecule has 0 radical (unpaired) electrons. The van der Waals surface area contributed by atoms with Gasteiger partial charge in [-0.1, -0.05) is 60.4 Å². The van der Waals surface area contributed by atoms with Crippen LogP contribution in [0.2, 0.25) is 0 Å². The molecule has 33 heavy (non-hydrogen) atoms. The molecule has 1 aliphatic rings. The summed E-state index contributed by atoms with van der Waals surface area (Å²) in [5.74, 6) is 0.948. The highest BCUT2D eigenvalue weighted by atomic mass is 32.2. The first kappa shape index (κ1) is 22.5. The molecule has 0 atom stereocenters. The molecule has 0 saturated carbocycles. The van der Waals surface area contributed by atoms with Crippen molar-refractivity contribution < 1.29 is 19.2 Å². The summed E-state index contributed by atoms with van der Waals surface area (Å²) in [6.07, 6.45) is 1.77. The standard InChI is InChI=1S/C24H18N2O5S2/c27-23-22(33-24(32)25(23)18-7-2-1-3-8-18)16-17-6-4-5-9-21(17)31-15-14-30-20-12-10-19(11-13-20)26(28)29/h1-13,16H,14-15H2/b22-16-. The Morgan fingerprint density at radius 3 is 2.33 bits per heavy atom. The first-order valence-electron chi connectivity index (χ1n) is 9.95. The Hall–Kier alpha value is -3.69. The Morgan fingerprint density at radius 2 is 1.61 bits per heavy atom. The highest BCUT2D eigenvalue weighted by Gasteiger charge is 2.33. The number of rotatable bonds is 8. The largest absolute Gasteiger partial charge is 0.490 e. The summed E-state index contributed by atoms with van der Waals surface area (Å²) in [4.78, 5) is 25.3. The number of thioether (sulfide) groups is 1. The zero-order valence-electron chi connectivity index (χ0n) is 17.2. The van der Waals surface area contributed by atoms with Gasteiger partial charge in [-0.2, -0.15) is 0 Å². The SMILES string of the molecule is O=C1/C(=C/c2ccccc2OCCOc2ccc([N+](=O)[O-])cc2)SC(=S)N1c1ccccc1. The van der Waals surface area contributed by atoms with Crippen LogP contribution in [-0.2, 0) is 4.79 Å². The van der Waals surface area contributed by atoms with E-state index in [2.05, 4.69) is 0 Å². The van der Waals surface area contributed by atoms with Crippen molar-refractivity contribution >= 4 is 51.7 Å². The lowest BCUT2D eigenvalue weighted by Gasteiger charge is -2.14. The molecular weight excluding hydrogens is 460 g/mol. The summed E-state index contributed by atoms with van der Waals surface area (Å²) in [7, 11) is 0. The van der Waals surface area contributed by atoms with E-state index < -0.39 is 4.92 Å². The predicted molar refractivity (Wildman–Crippen MR) is 133 cm³/mol. The van der Waals surface area contributed by atoms with Gasteiger partial charge >= 0.3 is 0 Å². The average molecular weight is 479 g/mol. The van der Waals surface area contributed by atoms with Crippen LogP contribution in [0.15, 0.2) is 83.8 Å². The maximum atomic E-state index is 13.0. The third kappa shape index (κ3) is 5.39. The van der Waals surface area contributed by atoms with Gasteiger partial charge in [-0.15, -0.1) is 0 Å². The van der Waals surface area contributed by atoms with Crippen molar-refractivity contribution in [3.8, 4) is 11.5 Å². The molecule has 7 nitrogen and oxygen atoms in total. The fourth-order valence-corrected chi connectivity index (χ4v) is 4.40. The lowest BCUT2D eigenvalue weighted by molar-refractivity contribution is -0.384. The first-order valence-corrected chi connectivity index (χ1v) is 11.2. The van der Waals surface area contributed by atoms with E-state index in [4.69, 9.17) is 21.7 Å². The van der Waals surface area contributed by atoms with E-state index in [0.717, 1.165) is 11.3 Å². The highest BCUT2D eigenvalue weighted by molar-refractivity contribution is 8.27. The Kier molecular flexibility index (Phi) is 7.01. The second-order valence-electron chi connectivity index (χ2n) is 6.84. The maximum absolute atomic E-state index is 13.0. The maximum Gasteiger partial charge on any atom is 0.270 e. The monoisotopic (exact) mass is 478 g/mol. The van der Waals surface area contributed by atoms with Crippen molar-refractivity contribution in [3.63, 3.8) is 0 Å². The predicted octanol–water partition coefficient (Wildman–Crippen LogP) is 5.46. The van der Waals surface area contributed by atoms with Crippen LogP contribution < -0.4 is 14.4 Å². The number of amides is 1. The third-order valence-corrected chi connectivity index (χ3v) is 5.97. The van der Waals surface area contributed by atoms with E-state index in [0.29, 0.717) is 20.7 Å². The minimum atomic E-state index is -0.461. The van der Waals surface area contributed by atoms with Crippen LogP contribution >= 0.6 is 24.0 Å². The lowest BCUT2D eigenvalue weighted by Crippen LogP contribution is -2.27. The molecule has 1 amide bonds. The summed E-state index contributed by atoms with van der Waals surface area (Å²) >= 11 is 6.67. The normalized spacial score (nSPS) is 14.5. The van der Waals surface area contributed by atoms with Gasteiger partial charge in [0.2, 0.25) is 0 Å². The van der Waals surface area contributed by atoms with Crippen molar-refractivity contribution in [2.24, 2.45) is 0 Å². The molecule has 0 spiro atoms. The zero-order valence-corrected chi connectivity index (χ0v) is 18.9. The number of ether oxygens (including phenoxy) is 2. The molecule has 0 unspecified atom stereocenters. The minimum Gasteiger partial charge on any atom is -0.490 e. The van der Waals surface area contributed by atoms with Crippen molar-refractivity contribution in [2.45, 2.75) is 0 Å². The molecule has 1 fully saturated rings. The van der Waals surface area contributed by atoms with Gasteiger partial charge < -0.3 is 9.47 Å². The summed E-state index contributed by atoms with van der Waals surface area (Å²) in [6, 6.07) is 22.5. The van der Waals surface area contributed by atoms with Crippen molar-refractivity contribution in [1.82, 2.24) is 0 Å². The van der Waals surface area contributed by atoms with Gasteiger partial charge in [0.05, 0.1) is 15.5 Å². The van der Waals surface area contributed by atoms with Crippen molar-refractivity contribution in [3.05, 3.63) is 99.4 Å². The summed E-state index contributed by atoms with van der Waals surface area (Å²) in [5, 5.41) is 10.7. The number of carbonyl (C=O) groups is 1. The van der Waals surface area contributed by atoms with Gasteiger partial charge in [0.15, 0.2) is 4.32 Å². The molecular formula is C24H18N2O5S2. The highest BCUT2D eigenvalue weighted by Crippen LogP contribution is 2.37. The molecule has 4 rings (SSSR count). The van der Waals surface area contributed by atoms with Gasteiger partial charge in [-0.3, -0.25) is 19.8 Å². The molecule has 1 heterocycles. The molecule has 1 saturated heterocycles. The van der Waals surface area contributed by atoms with Gasteiger partial charge in [0, 0.05) is 17.7 Å². The Labute approximate surface area is 199 Å². The van der Waals surface area contributed by atoms with Crippen molar-refractivity contribution in [2.75, 3.05) is 18.1 Å².